The van der Waals surface area contributed by atoms with Crippen LogP contribution < -0.4 is 4.90 Å². The first kappa shape index (κ1) is 16.9. The minimum atomic E-state index is 0.290. The minimum Gasteiger partial charge on any atom is -0.376 e. The SMILES string of the molecule is CN(C)c1cc(CC[C@@H]2CN(Cc3ccccn3)CCO2)ccn1. The van der Waals surface area contributed by atoms with Crippen LogP contribution in [0.15, 0.2) is 42.7 Å². The quantitative estimate of drug-likeness (QED) is 0.815. The molecule has 24 heavy (non-hydrogen) atoms. The minimum absolute atomic E-state index is 0.290. The summed E-state index contributed by atoms with van der Waals surface area (Å²) in [6, 6.07) is 10.4. The van der Waals surface area contributed by atoms with Crippen molar-refractivity contribution in [3.63, 3.8) is 0 Å². The molecule has 128 valence electrons. The van der Waals surface area contributed by atoms with E-state index < -0.39 is 0 Å². The molecule has 1 aliphatic rings. The van der Waals surface area contributed by atoms with Crippen molar-refractivity contribution in [1.29, 1.82) is 0 Å². The molecule has 3 heterocycles. The lowest BCUT2D eigenvalue weighted by Gasteiger charge is -2.32. The van der Waals surface area contributed by atoms with Gasteiger partial charge in [-0.1, -0.05) is 6.07 Å². The van der Waals surface area contributed by atoms with E-state index in [1.165, 1.54) is 5.56 Å². The molecule has 2 aromatic rings. The summed E-state index contributed by atoms with van der Waals surface area (Å²) in [7, 11) is 4.04. The summed E-state index contributed by atoms with van der Waals surface area (Å²) in [6.07, 6.45) is 6.10. The summed E-state index contributed by atoms with van der Waals surface area (Å²) in [4.78, 5) is 13.3. The molecule has 2 aromatic heterocycles. The van der Waals surface area contributed by atoms with E-state index in [0.29, 0.717) is 6.10 Å². The van der Waals surface area contributed by atoms with Gasteiger partial charge in [-0.25, -0.2) is 4.98 Å². The van der Waals surface area contributed by atoms with Crippen molar-refractivity contribution in [3.8, 4) is 0 Å². The smallest absolute Gasteiger partial charge is 0.128 e. The van der Waals surface area contributed by atoms with Gasteiger partial charge >= 0.3 is 0 Å². The average molecular weight is 326 g/mol. The van der Waals surface area contributed by atoms with E-state index in [2.05, 4.69) is 33.1 Å². The van der Waals surface area contributed by atoms with Crippen molar-refractivity contribution in [2.75, 3.05) is 38.7 Å². The Morgan fingerprint density at radius 1 is 1.21 bits per heavy atom. The number of aryl methyl sites for hydroxylation is 1. The van der Waals surface area contributed by atoms with Crippen LogP contribution in [0, 0.1) is 0 Å². The number of ether oxygens (including phenoxy) is 1. The van der Waals surface area contributed by atoms with Crippen LogP contribution in [-0.4, -0.2) is 54.8 Å². The lowest BCUT2D eigenvalue weighted by Crippen LogP contribution is -2.42. The van der Waals surface area contributed by atoms with E-state index in [0.717, 1.165) is 50.6 Å². The number of morpholine rings is 1. The Morgan fingerprint density at radius 2 is 2.12 bits per heavy atom. The van der Waals surface area contributed by atoms with E-state index in [4.69, 9.17) is 4.74 Å². The first-order valence-electron chi connectivity index (χ1n) is 8.57. The van der Waals surface area contributed by atoms with Gasteiger partial charge in [0, 0.05) is 46.1 Å². The van der Waals surface area contributed by atoms with Gasteiger partial charge in [-0.2, -0.15) is 0 Å². The molecule has 0 bridgehead atoms. The highest BCUT2D eigenvalue weighted by Gasteiger charge is 2.20. The van der Waals surface area contributed by atoms with Crippen LogP contribution >= 0.6 is 0 Å². The zero-order valence-electron chi connectivity index (χ0n) is 14.6. The predicted molar refractivity (Wildman–Crippen MR) is 96.1 cm³/mol. The second-order valence-corrected chi connectivity index (χ2v) is 6.50. The molecule has 1 fully saturated rings. The summed E-state index contributed by atoms with van der Waals surface area (Å²) in [6.45, 7) is 3.66. The largest absolute Gasteiger partial charge is 0.376 e. The van der Waals surface area contributed by atoms with Crippen molar-refractivity contribution in [2.24, 2.45) is 0 Å². The van der Waals surface area contributed by atoms with E-state index >= 15 is 0 Å². The molecule has 3 rings (SSSR count). The number of hydrogen-bond donors (Lipinski definition) is 0. The normalized spacial score (nSPS) is 18.5. The van der Waals surface area contributed by atoms with Gasteiger partial charge in [0.05, 0.1) is 18.4 Å². The van der Waals surface area contributed by atoms with Gasteiger partial charge in [-0.05, 0) is 42.7 Å². The van der Waals surface area contributed by atoms with Gasteiger partial charge in [-0.3, -0.25) is 9.88 Å². The molecule has 1 saturated heterocycles. The summed E-state index contributed by atoms with van der Waals surface area (Å²) in [5.41, 5.74) is 2.45. The number of rotatable bonds is 6. The maximum absolute atomic E-state index is 5.96. The van der Waals surface area contributed by atoms with E-state index in [1.807, 2.05) is 43.5 Å². The average Bonchev–Trinajstić information content (AvgIpc) is 2.61. The van der Waals surface area contributed by atoms with Crippen molar-refractivity contribution < 1.29 is 4.74 Å². The van der Waals surface area contributed by atoms with Crippen molar-refractivity contribution in [3.05, 3.63) is 54.0 Å². The van der Waals surface area contributed by atoms with Crippen molar-refractivity contribution in [2.45, 2.75) is 25.5 Å². The second-order valence-electron chi connectivity index (χ2n) is 6.50. The van der Waals surface area contributed by atoms with Crippen LogP contribution in [-0.2, 0) is 17.7 Å². The molecule has 0 radical (unpaired) electrons. The lowest BCUT2D eigenvalue weighted by molar-refractivity contribution is -0.0349. The molecule has 0 aliphatic carbocycles. The van der Waals surface area contributed by atoms with Gasteiger partial charge in [-0.15, -0.1) is 0 Å². The molecule has 1 atom stereocenters. The zero-order valence-corrected chi connectivity index (χ0v) is 14.6. The Hall–Kier alpha value is -1.98. The maximum Gasteiger partial charge on any atom is 0.128 e. The van der Waals surface area contributed by atoms with Crippen LogP contribution in [0.5, 0.6) is 0 Å². The Morgan fingerprint density at radius 3 is 2.92 bits per heavy atom. The first-order chi connectivity index (χ1) is 11.7. The number of aromatic nitrogens is 2. The standard InChI is InChI=1S/C19H26N4O/c1-22(2)19-13-16(8-10-21-19)6-7-18-15-23(11-12-24-18)14-17-5-3-4-9-20-17/h3-5,8-10,13,18H,6-7,11-12,14-15H2,1-2H3/t18-/m1/s1. The molecule has 0 aromatic carbocycles. The third-order valence-corrected chi connectivity index (χ3v) is 4.36. The third kappa shape index (κ3) is 4.76. The third-order valence-electron chi connectivity index (χ3n) is 4.36. The second kappa shape index (κ2) is 8.22. The monoisotopic (exact) mass is 326 g/mol. The molecular weight excluding hydrogens is 300 g/mol. The summed E-state index contributed by atoms with van der Waals surface area (Å²) < 4.78 is 5.96. The van der Waals surface area contributed by atoms with Crippen LogP contribution in [0.25, 0.3) is 0 Å². The Labute approximate surface area is 144 Å². The Bertz CT molecular complexity index is 632. The molecular formula is C19H26N4O. The van der Waals surface area contributed by atoms with Gasteiger partial charge in [0.15, 0.2) is 0 Å². The van der Waals surface area contributed by atoms with Gasteiger partial charge in [0.2, 0.25) is 0 Å². The number of hydrogen-bond acceptors (Lipinski definition) is 5. The lowest BCUT2D eigenvalue weighted by atomic mass is 10.1. The summed E-state index contributed by atoms with van der Waals surface area (Å²) >= 11 is 0. The van der Waals surface area contributed by atoms with Gasteiger partial charge < -0.3 is 9.64 Å². The highest BCUT2D eigenvalue weighted by molar-refractivity contribution is 5.39. The molecule has 0 N–H and O–H groups in total. The van der Waals surface area contributed by atoms with Crippen LogP contribution in [0.1, 0.15) is 17.7 Å². The van der Waals surface area contributed by atoms with Crippen LogP contribution in [0.2, 0.25) is 0 Å². The van der Waals surface area contributed by atoms with Crippen LogP contribution in [0.4, 0.5) is 5.82 Å². The molecule has 0 unspecified atom stereocenters. The Kier molecular flexibility index (Phi) is 5.77. The molecule has 0 amide bonds. The fourth-order valence-corrected chi connectivity index (χ4v) is 3.01. The number of anilines is 1. The van der Waals surface area contributed by atoms with E-state index in [-0.39, 0.29) is 0 Å². The van der Waals surface area contributed by atoms with Crippen molar-refractivity contribution >= 4 is 5.82 Å². The molecule has 1 aliphatic heterocycles. The highest BCUT2D eigenvalue weighted by atomic mass is 16.5. The highest BCUT2D eigenvalue weighted by Crippen LogP contribution is 2.16. The summed E-state index contributed by atoms with van der Waals surface area (Å²) in [5, 5.41) is 0. The van der Waals surface area contributed by atoms with Crippen molar-refractivity contribution in [1.82, 2.24) is 14.9 Å². The number of pyridine rings is 2. The maximum atomic E-state index is 5.96. The zero-order chi connectivity index (χ0) is 16.8. The van der Waals surface area contributed by atoms with Gasteiger partial charge in [0.1, 0.15) is 5.82 Å². The topological polar surface area (TPSA) is 41.5 Å². The molecule has 0 spiro atoms. The first-order valence-corrected chi connectivity index (χ1v) is 8.57. The predicted octanol–water partition coefficient (Wildman–Crippen LogP) is 2.38. The summed E-state index contributed by atoms with van der Waals surface area (Å²) in [5.74, 6) is 1.01. The molecule has 0 saturated carbocycles. The fraction of sp³-hybridized carbons (Fsp3) is 0.474. The number of nitrogens with zero attached hydrogens (tertiary/aromatic N) is 4. The van der Waals surface area contributed by atoms with Crippen LogP contribution in [0.3, 0.4) is 0 Å². The fourth-order valence-electron chi connectivity index (χ4n) is 3.01. The van der Waals surface area contributed by atoms with E-state index in [9.17, 15) is 0 Å². The molecule has 5 nitrogen and oxygen atoms in total. The molecule has 5 heteroatoms. The van der Waals surface area contributed by atoms with E-state index in [1.54, 1.807) is 0 Å². The Balaban J connectivity index is 1.51. The van der Waals surface area contributed by atoms with Gasteiger partial charge in [0.25, 0.3) is 0 Å².